The highest BCUT2D eigenvalue weighted by Gasteiger charge is 2.45. The smallest absolute Gasteiger partial charge is 0.410 e. The molecule has 1 aliphatic heterocycles. The fourth-order valence-corrected chi connectivity index (χ4v) is 1.66. The molecule has 0 aromatic carbocycles. The molecule has 0 spiro atoms. The second kappa shape index (κ2) is 4.96. The molecule has 0 radical (unpaired) electrons. The summed E-state index contributed by atoms with van der Waals surface area (Å²) in [4.78, 5) is 35.6. The van der Waals surface area contributed by atoms with Crippen LogP contribution in [0.4, 0.5) is 4.79 Å². The number of Topliss-reactive ketones (excluding diaryl/α,β-unsaturated/α-hetero) is 1. The van der Waals surface area contributed by atoms with E-state index in [2.05, 4.69) is 4.74 Å². The Morgan fingerprint density at radius 2 is 2.12 bits per heavy atom. The number of hydrogen-bond donors (Lipinski definition) is 0. The van der Waals surface area contributed by atoms with Gasteiger partial charge in [-0.3, -0.25) is 14.5 Å². The molecule has 1 saturated heterocycles. The highest BCUT2D eigenvalue weighted by atomic mass is 16.6. The van der Waals surface area contributed by atoms with Crippen molar-refractivity contribution in [2.45, 2.75) is 19.9 Å². The Labute approximate surface area is 93.5 Å². The van der Waals surface area contributed by atoms with Gasteiger partial charge in [0.2, 0.25) is 0 Å². The van der Waals surface area contributed by atoms with Gasteiger partial charge in [0, 0.05) is 6.54 Å². The van der Waals surface area contributed by atoms with E-state index >= 15 is 0 Å². The molecule has 0 bridgehead atoms. The Hall–Kier alpha value is -1.59. The number of ketones is 1. The van der Waals surface area contributed by atoms with Gasteiger partial charge in [-0.1, -0.05) is 0 Å². The van der Waals surface area contributed by atoms with E-state index in [4.69, 9.17) is 4.74 Å². The van der Waals surface area contributed by atoms with Crippen LogP contribution in [0.2, 0.25) is 0 Å². The molecule has 16 heavy (non-hydrogen) atoms. The first-order chi connectivity index (χ1) is 7.52. The summed E-state index contributed by atoms with van der Waals surface area (Å²) in [5.41, 5.74) is 0. The van der Waals surface area contributed by atoms with E-state index in [1.165, 1.54) is 12.0 Å². The third kappa shape index (κ3) is 2.15. The van der Waals surface area contributed by atoms with Crippen molar-refractivity contribution in [2.24, 2.45) is 5.92 Å². The quantitative estimate of drug-likeness (QED) is 0.499. The van der Waals surface area contributed by atoms with Crippen LogP contribution in [0.5, 0.6) is 0 Å². The lowest BCUT2D eigenvalue weighted by Gasteiger charge is -2.18. The molecule has 0 aromatic heterocycles. The van der Waals surface area contributed by atoms with Gasteiger partial charge in [-0.2, -0.15) is 0 Å². The Bertz CT molecular complexity index is 314. The lowest BCUT2D eigenvalue weighted by atomic mass is 10.1. The van der Waals surface area contributed by atoms with Crippen LogP contribution in [0.25, 0.3) is 0 Å². The van der Waals surface area contributed by atoms with E-state index in [9.17, 15) is 14.4 Å². The fourth-order valence-electron chi connectivity index (χ4n) is 1.66. The van der Waals surface area contributed by atoms with Gasteiger partial charge in [-0.25, -0.2) is 4.79 Å². The zero-order chi connectivity index (χ0) is 12.3. The largest absolute Gasteiger partial charge is 0.468 e. The maximum Gasteiger partial charge on any atom is 0.410 e. The van der Waals surface area contributed by atoms with Crippen LogP contribution in [-0.4, -0.2) is 49.0 Å². The molecule has 1 aliphatic rings. The summed E-state index contributed by atoms with van der Waals surface area (Å²) in [7, 11) is 1.22. The number of likely N-dealkylation sites (tertiary alicyclic amines) is 1. The summed E-state index contributed by atoms with van der Waals surface area (Å²) >= 11 is 0. The molecule has 6 nitrogen and oxygen atoms in total. The molecule has 2 unspecified atom stereocenters. The molecular formula is C10H15NO5. The van der Waals surface area contributed by atoms with Gasteiger partial charge in [0.15, 0.2) is 5.78 Å². The summed E-state index contributed by atoms with van der Waals surface area (Å²) in [6, 6.07) is -0.636. The number of methoxy groups -OCH3 is 1. The maximum absolute atomic E-state index is 11.7. The first-order valence-corrected chi connectivity index (χ1v) is 5.07. The van der Waals surface area contributed by atoms with Gasteiger partial charge in [0.05, 0.1) is 19.8 Å². The van der Waals surface area contributed by atoms with E-state index in [0.29, 0.717) is 0 Å². The van der Waals surface area contributed by atoms with Crippen molar-refractivity contribution in [3.63, 3.8) is 0 Å². The second-order valence-electron chi connectivity index (χ2n) is 3.51. The van der Waals surface area contributed by atoms with Crippen LogP contribution >= 0.6 is 0 Å². The maximum atomic E-state index is 11.7. The molecular weight excluding hydrogens is 214 g/mol. The molecule has 90 valence electrons. The third-order valence-corrected chi connectivity index (χ3v) is 2.59. The van der Waals surface area contributed by atoms with Gasteiger partial charge in [-0.15, -0.1) is 0 Å². The number of nitrogens with zero attached hydrogens (tertiary/aromatic N) is 1. The van der Waals surface area contributed by atoms with Crippen molar-refractivity contribution in [3.05, 3.63) is 0 Å². The predicted octanol–water partition coefficient (Wildman–Crippen LogP) is 0.205. The third-order valence-electron chi connectivity index (χ3n) is 2.59. The topological polar surface area (TPSA) is 72.9 Å². The lowest BCUT2D eigenvalue weighted by molar-refractivity contribution is -0.147. The summed E-state index contributed by atoms with van der Waals surface area (Å²) in [5.74, 6) is -1.80. The lowest BCUT2D eigenvalue weighted by Crippen LogP contribution is -2.36. The Balaban J connectivity index is 2.75. The molecule has 6 heteroatoms. The molecule has 0 aliphatic carbocycles. The zero-order valence-electron chi connectivity index (χ0n) is 9.56. The van der Waals surface area contributed by atoms with Crippen LogP contribution in [0.1, 0.15) is 13.8 Å². The van der Waals surface area contributed by atoms with Crippen molar-refractivity contribution in [1.82, 2.24) is 4.90 Å². The molecule has 0 saturated carbocycles. The number of amides is 1. The Morgan fingerprint density at radius 1 is 1.50 bits per heavy atom. The van der Waals surface area contributed by atoms with Crippen molar-refractivity contribution < 1.29 is 23.9 Å². The summed E-state index contributed by atoms with van der Waals surface area (Å²) in [5, 5.41) is 0. The minimum atomic E-state index is -0.885. The van der Waals surface area contributed by atoms with Gasteiger partial charge < -0.3 is 9.47 Å². The normalized spacial score (nSPS) is 24.4. The highest BCUT2D eigenvalue weighted by Crippen LogP contribution is 2.21. The number of carbonyl (C=O) groups excluding carboxylic acids is 3. The number of ether oxygens (including phenoxy) is 2. The minimum absolute atomic E-state index is 0.0332. The first kappa shape index (κ1) is 12.5. The highest BCUT2D eigenvalue weighted by molar-refractivity contribution is 6.05. The Kier molecular flexibility index (Phi) is 3.87. The van der Waals surface area contributed by atoms with Crippen LogP contribution < -0.4 is 0 Å². The van der Waals surface area contributed by atoms with Crippen molar-refractivity contribution in [3.8, 4) is 0 Å². The van der Waals surface area contributed by atoms with Gasteiger partial charge in [-0.05, 0) is 13.8 Å². The number of carbonyl (C=O) groups is 3. The molecule has 1 fully saturated rings. The number of hydrogen-bond acceptors (Lipinski definition) is 5. The van der Waals surface area contributed by atoms with Crippen LogP contribution in [0.15, 0.2) is 0 Å². The van der Waals surface area contributed by atoms with E-state index in [-0.39, 0.29) is 18.9 Å². The van der Waals surface area contributed by atoms with Crippen LogP contribution in [0, 0.1) is 5.92 Å². The minimum Gasteiger partial charge on any atom is -0.468 e. The first-order valence-electron chi connectivity index (χ1n) is 5.07. The van der Waals surface area contributed by atoms with E-state index in [0.717, 1.165) is 0 Å². The molecule has 1 amide bonds. The average molecular weight is 229 g/mol. The standard InChI is InChI=1S/C10H15NO5/c1-4-16-10(14)11-5-7(9(13)15-3)8(12)6(11)2/h6-7H,4-5H2,1-3H3. The van der Waals surface area contributed by atoms with Crippen molar-refractivity contribution >= 4 is 17.8 Å². The predicted molar refractivity (Wildman–Crippen MR) is 53.7 cm³/mol. The number of esters is 1. The Morgan fingerprint density at radius 3 is 2.62 bits per heavy atom. The van der Waals surface area contributed by atoms with E-state index in [1.54, 1.807) is 13.8 Å². The molecule has 0 aromatic rings. The average Bonchev–Trinajstić information content (AvgIpc) is 2.56. The van der Waals surface area contributed by atoms with Gasteiger partial charge >= 0.3 is 12.1 Å². The fraction of sp³-hybridized carbons (Fsp3) is 0.700. The molecule has 0 N–H and O–H groups in total. The zero-order valence-corrected chi connectivity index (χ0v) is 9.56. The van der Waals surface area contributed by atoms with Crippen LogP contribution in [0.3, 0.4) is 0 Å². The van der Waals surface area contributed by atoms with E-state index < -0.39 is 24.0 Å². The van der Waals surface area contributed by atoms with Gasteiger partial charge in [0.1, 0.15) is 5.92 Å². The monoisotopic (exact) mass is 229 g/mol. The van der Waals surface area contributed by atoms with E-state index in [1.807, 2.05) is 0 Å². The van der Waals surface area contributed by atoms with Crippen molar-refractivity contribution in [2.75, 3.05) is 20.3 Å². The van der Waals surface area contributed by atoms with Gasteiger partial charge in [0.25, 0.3) is 0 Å². The summed E-state index contributed by atoms with van der Waals surface area (Å²) < 4.78 is 9.29. The molecule has 1 rings (SSSR count). The SMILES string of the molecule is CCOC(=O)N1CC(C(=O)OC)C(=O)C1C. The molecule has 1 heterocycles. The van der Waals surface area contributed by atoms with Crippen molar-refractivity contribution in [1.29, 1.82) is 0 Å². The second-order valence-corrected chi connectivity index (χ2v) is 3.51. The number of rotatable bonds is 2. The summed E-state index contributed by atoms with van der Waals surface area (Å²) in [6.07, 6.45) is -0.574. The molecule has 2 atom stereocenters. The van der Waals surface area contributed by atoms with Crippen LogP contribution in [-0.2, 0) is 19.1 Å². The summed E-state index contributed by atoms with van der Waals surface area (Å²) in [6.45, 7) is 3.52.